The van der Waals surface area contributed by atoms with Gasteiger partial charge in [-0.1, -0.05) is 12.8 Å². The summed E-state index contributed by atoms with van der Waals surface area (Å²) in [7, 11) is 3.33. The number of rotatable bonds is 7. The molecule has 3 heteroatoms. The first-order chi connectivity index (χ1) is 6.26. The van der Waals surface area contributed by atoms with Crippen LogP contribution in [-0.4, -0.2) is 26.6 Å². The molecule has 0 aliphatic heterocycles. The van der Waals surface area contributed by atoms with Gasteiger partial charge in [0.05, 0.1) is 0 Å². The molecule has 0 bridgehead atoms. The van der Waals surface area contributed by atoms with Crippen molar-refractivity contribution in [3.63, 3.8) is 0 Å². The first-order valence-electron chi connectivity index (χ1n) is 5.07. The van der Waals surface area contributed by atoms with E-state index in [0.29, 0.717) is 6.04 Å². The van der Waals surface area contributed by atoms with E-state index in [-0.39, 0.29) is 6.29 Å². The lowest BCUT2D eigenvalue weighted by atomic mass is 10.1. The quantitative estimate of drug-likeness (QED) is 0.614. The van der Waals surface area contributed by atoms with Gasteiger partial charge in [0.15, 0.2) is 6.29 Å². The summed E-state index contributed by atoms with van der Waals surface area (Å²) in [4.78, 5) is 0. The van der Waals surface area contributed by atoms with Gasteiger partial charge in [-0.3, -0.25) is 0 Å². The zero-order valence-electron chi connectivity index (χ0n) is 8.66. The Hall–Kier alpha value is -0.120. The van der Waals surface area contributed by atoms with Crippen molar-refractivity contribution in [2.75, 3.05) is 14.2 Å². The summed E-state index contributed by atoms with van der Waals surface area (Å²) in [6.07, 6.45) is 5.77. The third-order valence-corrected chi connectivity index (χ3v) is 2.63. The number of hydrogen-bond donors (Lipinski definition) is 1. The highest BCUT2D eigenvalue weighted by Crippen LogP contribution is 2.33. The average molecular weight is 187 g/mol. The molecule has 78 valence electrons. The maximum Gasteiger partial charge on any atom is 0.156 e. The van der Waals surface area contributed by atoms with Crippen LogP contribution in [0.2, 0.25) is 0 Å². The van der Waals surface area contributed by atoms with Crippen molar-refractivity contribution < 1.29 is 9.47 Å². The molecule has 2 N–H and O–H groups in total. The number of ether oxygens (including phenoxy) is 2. The molecule has 13 heavy (non-hydrogen) atoms. The number of nitrogens with two attached hydrogens (primary N) is 1. The van der Waals surface area contributed by atoms with E-state index in [0.717, 1.165) is 18.8 Å². The minimum Gasteiger partial charge on any atom is -0.356 e. The summed E-state index contributed by atoms with van der Waals surface area (Å²) in [5, 5.41) is 0. The predicted octanol–water partition coefficient (Wildman–Crippen LogP) is 1.51. The van der Waals surface area contributed by atoms with Crippen LogP contribution in [0.25, 0.3) is 0 Å². The molecule has 0 aromatic carbocycles. The molecule has 1 aliphatic rings. The third-order valence-electron chi connectivity index (χ3n) is 2.63. The average Bonchev–Trinajstić information content (AvgIpc) is 2.90. The Bertz CT molecular complexity index is 133. The fourth-order valence-corrected chi connectivity index (χ4v) is 1.58. The van der Waals surface area contributed by atoms with Crippen LogP contribution < -0.4 is 5.73 Å². The monoisotopic (exact) mass is 187 g/mol. The van der Waals surface area contributed by atoms with E-state index in [1.807, 2.05) is 0 Å². The molecule has 1 fully saturated rings. The van der Waals surface area contributed by atoms with Crippen molar-refractivity contribution in [1.82, 2.24) is 0 Å². The fourth-order valence-electron chi connectivity index (χ4n) is 1.58. The van der Waals surface area contributed by atoms with E-state index in [1.54, 1.807) is 14.2 Å². The number of hydrogen-bond acceptors (Lipinski definition) is 3. The highest BCUT2D eigenvalue weighted by molar-refractivity contribution is 4.78. The van der Waals surface area contributed by atoms with E-state index in [4.69, 9.17) is 15.2 Å². The van der Waals surface area contributed by atoms with Crippen LogP contribution in [0.3, 0.4) is 0 Å². The molecule has 1 unspecified atom stereocenters. The van der Waals surface area contributed by atoms with Gasteiger partial charge in [-0.2, -0.15) is 0 Å². The van der Waals surface area contributed by atoms with Crippen LogP contribution in [-0.2, 0) is 9.47 Å². The van der Waals surface area contributed by atoms with Crippen LogP contribution in [0.4, 0.5) is 0 Å². The minimum atomic E-state index is -0.0785. The van der Waals surface area contributed by atoms with Gasteiger partial charge in [0.2, 0.25) is 0 Å². The summed E-state index contributed by atoms with van der Waals surface area (Å²) < 4.78 is 10.2. The van der Waals surface area contributed by atoms with Gasteiger partial charge in [0, 0.05) is 20.3 Å². The highest BCUT2D eigenvalue weighted by atomic mass is 16.7. The fraction of sp³-hybridized carbons (Fsp3) is 1.00. The lowest BCUT2D eigenvalue weighted by Gasteiger charge is -2.16. The Kier molecular flexibility index (Phi) is 4.70. The molecule has 0 radical (unpaired) electrons. The molecule has 1 saturated carbocycles. The van der Waals surface area contributed by atoms with Crippen molar-refractivity contribution >= 4 is 0 Å². The molecule has 0 amide bonds. The van der Waals surface area contributed by atoms with Gasteiger partial charge >= 0.3 is 0 Å². The predicted molar refractivity (Wildman–Crippen MR) is 52.4 cm³/mol. The standard InChI is InChI=1S/C10H21NO2/c1-12-10(13-2)6-5-9(11)7-8-3-4-8/h8-10H,3-7,11H2,1-2H3. The maximum absolute atomic E-state index is 5.96. The summed E-state index contributed by atoms with van der Waals surface area (Å²) in [6.45, 7) is 0. The van der Waals surface area contributed by atoms with Gasteiger partial charge in [0.1, 0.15) is 0 Å². The molecule has 1 atom stereocenters. The molecule has 1 rings (SSSR count). The zero-order chi connectivity index (χ0) is 9.68. The third kappa shape index (κ3) is 4.60. The summed E-state index contributed by atoms with van der Waals surface area (Å²) >= 11 is 0. The summed E-state index contributed by atoms with van der Waals surface area (Å²) in [6, 6.07) is 0.334. The lowest BCUT2D eigenvalue weighted by Crippen LogP contribution is -2.24. The molecule has 0 spiro atoms. The van der Waals surface area contributed by atoms with E-state index < -0.39 is 0 Å². The molecule has 0 aromatic rings. The first kappa shape index (κ1) is 11.0. The molecular formula is C10H21NO2. The Labute approximate surface area is 80.6 Å². The van der Waals surface area contributed by atoms with Crippen LogP contribution >= 0.6 is 0 Å². The van der Waals surface area contributed by atoms with Crippen molar-refractivity contribution in [2.24, 2.45) is 11.7 Å². The van der Waals surface area contributed by atoms with Gasteiger partial charge in [-0.05, 0) is 25.2 Å². The van der Waals surface area contributed by atoms with Crippen molar-refractivity contribution in [1.29, 1.82) is 0 Å². The second kappa shape index (κ2) is 5.58. The SMILES string of the molecule is COC(CCC(N)CC1CC1)OC. The van der Waals surface area contributed by atoms with Crippen molar-refractivity contribution in [2.45, 2.75) is 44.4 Å². The lowest BCUT2D eigenvalue weighted by molar-refractivity contribution is -0.107. The molecule has 0 aromatic heterocycles. The van der Waals surface area contributed by atoms with Crippen LogP contribution in [0, 0.1) is 5.92 Å². The van der Waals surface area contributed by atoms with E-state index in [9.17, 15) is 0 Å². The van der Waals surface area contributed by atoms with Crippen LogP contribution in [0.15, 0.2) is 0 Å². The second-order valence-electron chi connectivity index (χ2n) is 3.92. The normalized spacial score (nSPS) is 19.4. The van der Waals surface area contributed by atoms with E-state index in [1.165, 1.54) is 19.3 Å². The van der Waals surface area contributed by atoms with Crippen molar-refractivity contribution in [3.05, 3.63) is 0 Å². The van der Waals surface area contributed by atoms with Crippen LogP contribution in [0.1, 0.15) is 32.1 Å². The largest absolute Gasteiger partial charge is 0.356 e. The Balaban J connectivity index is 2.01. The molecule has 3 nitrogen and oxygen atoms in total. The van der Waals surface area contributed by atoms with Gasteiger partial charge in [-0.15, -0.1) is 0 Å². The van der Waals surface area contributed by atoms with E-state index >= 15 is 0 Å². The van der Waals surface area contributed by atoms with Gasteiger partial charge in [-0.25, -0.2) is 0 Å². The minimum absolute atomic E-state index is 0.0785. The molecule has 1 aliphatic carbocycles. The second-order valence-corrected chi connectivity index (χ2v) is 3.92. The Morgan fingerprint density at radius 3 is 2.31 bits per heavy atom. The van der Waals surface area contributed by atoms with Gasteiger partial charge in [0.25, 0.3) is 0 Å². The van der Waals surface area contributed by atoms with Crippen molar-refractivity contribution in [3.8, 4) is 0 Å². The zero-order valence-corrected chi connectivity index (χ0v) is 8.66. The smallest absolute Gasteiger partial charge is 0.156 e. The highest BCUT2D eigenvalue weighted by Gasteiger charge is 2.23. The Morgan fingerprint density at radius 2 is 1.85 bits per heavy atom. The summed E-state index contributed by atoms with van der Waals surface area (Å²) in [5.41, 5.74) is 5.96. The maximum atomic E-state index is 5.96. The Morgan fingerprint density at radius 1 is 1.23 bits per heavy atom. The first-order valence-corrected chi connectivity index (χ1v) is 5.07. The summed E-state index contributed by atoms with van der Waals surface area (Å²) in [5.74, 6) is 0.915. The number of methoxy groups -OCH3 is 2. The van der Waals surface area contributed by atoms with Crippen LogP contribution in [0.5, 0.6) is 0 Å². The molecule has 0 heterocycles. The topological polar surface area (TPSA) is 44.5 Å². The van der Waals surface area contributed by atoms with Gasteiger partial charge < -0.3 is 15.2 Å². The van der Waals surface area contributed by atoms with E-state index in [2.05, 4.69) is 0 Å². The molecular weight excluding hydrogens is 166 g/mol. The molecule has 0 saturated heterocycles.